The highest BCUT2D eigenvalue weighted by molar-refractivity contribution is 7.99. The van der Waals surface area contributed by atoms with Crippen LogP contribution in [-0.2, 0) is 5.60 Å². The number of hydrogen-bond acceptors (Lipinski definition) is 3. The van der Waals surface area contributed by atoms with E-state index in [2.05, 4.69) is 5.32 Å². The Hall–Kier alpha value is -1.87. The molecule has 0 fully saturated rings. The van der Waals surface area contributed by atoms with Crippen LogP contribution in [0.4, 0.5) is 32.0 Å². The van der Waals surface area contributed by atoms with Crippen LogP contribution in [0.2, 0.25) is 0 Å². The third kappa shape index (κ3) is 3.14. The average Bonchev–Trinajstić information content (AvgIpc) is 2.59. The normalized spacial score (nSPS) is 18.2. The summed E-state index contributed by atoms with van der Waals surface area (Å²) in [7, 11) is 0. The van der Waals surface area contributed by atoms with Crippen molar-refractivity contribution in [2.75, 3.05) is 11.1 Å². The molecule has 1 aliphatic heterocycles. The first-order chi connectivity index (χ1) is 12.0. The summed E-state index contributed by atoms with van der Waals surface area (Å²) in [6, 6.07) is 11.7. The Kier molecular flexibility index (Phi) is 4.64. The number of hydrogen-bond donors (Lipinski definition) is 2. The number of thioether (sulfide) groups is 1. The van der Waals surface area contributed by atoms with Gasteiger partial charge in [-0.25, -0.2) is 0 Å². The van der Waals surface area contributed by atoms with Crippen molar-refractivity contribution in [1.82, 2.24) is 0 Å². The molecule has 2 N–H and O–H groups in total. The van der Waals surface area contributed by atoms with Gasteiger partial charge in [0.05, 0.1) is 6.04 Å². The van der Waals surface area contributed by atoms with Crippen molar-refractivity contribution in [2.24, 2.45) is 0 Å². The van der Waals surface area contributed by atoms with Gasteiger partial charge in [0.15, 0.2) is 0 Å². The summed E-state index contributed by atoms with van der Waals surface area (Å²) in [4.78, 5) is 0.224. The Labute approximate surface area is 149 Å². The fraction of sp³-hybridized carbons (Fsp3) is 0.294. The van der Waals surface area contributed by atoms with Crippen LogP contribution in [0.15, 0.2) is 53.4 Å². The smallest absolute Gasteiger partial charge is 0.376 e. The standard InChI is InChI=1S/C17H13F6NOS/c18-16(19,20)15(25,17(21,22)23)11-6-7-12-14(8-11)26-9-13(24-12)10-4-2-1-3-5-10/h1-8,13,24-25H,9H2. The van der Waals surface area contributed by atoms with E-state index in [-0.39, 0.29) is 10.9 Å². The molecule has 0 saturated carbocycles. The molecule has 1 unspecified atom stereocenters. The highest BCUT2D eigenvalue weighted by Gasteiger charge is 2.71. The molecule has 0 spiro atoms. The van der Waals surface area contributed by atoms with Crippen molar-refractivity contribution in [3.05, 3.63) is 59.7 Å². The topological polar surface area (TPSA) is 32.3 Å². The lowest BCUT2D eigenvalue weighted by Crippen LogP contribution is -2.53. The van der Waals surface area contributed by atoms with Gasteiger partial charge in [0, 0.05) is 21.9 Å². The van der Waals surface area contributed by atoms with Crippen molar-refractivity contribution < 1.29 is 31.4 Å². The van der Waals surface area contributed by atoms with Crippen LogP contribution in [0.25, 0.3) is 0 Å². The quantitative estimate of drug-likeness (QED) is 0.683. The number of anilines is 1. The Morgan fingerprint density at radius 3 is 2.12 bits per heavy atom. The van der Waals surface area contributed by atoms with Gasteiger partial charge in [0.25, 0.3) is 5.60 Å². The van der Waals surface area contributed by atoms with Gasteiger partial charge < -0.3 is 10.4 Å². The molecule has 1 heterocycles. The van der Waals surface area contributed by atoms with Crippen LogP contribution in [0, 0.1) is 0 Å². The third-order valence-corrected chi connectivity index (χ3v) is 5.31. The zero-order valence-corrected chi connectivity index (χ0v) is 13.8. The summed E-state index contributed by atoms with van der Waals surface area (Å²) in [5.74, 6) is 0.428. The van der Waals surface area contributed by atoms with Gasteiger partial charge in [-0.1, -0.05) is 36.4 Å². The molecule has 0 radical (unpaired) electrons. The highest BCUT2D eigenvalue weighted by atomic mass is 32.2. The second kappa shape index (κ2) is 6.38. The Bertz CT molecular complexity index is 776. The molecule has 9 heteroatoms. The van der Waals surface area contributed by atoms with Crippen LogP contribution in [0.1, 0.15) is 17.2 Å². The van der Waals surface area contributed by atoms with Crippen molar-refractivity contribution in [2.45, 2.75) is 28.9 Å². The first-order valence-corrected chi connectivity index (χ1v) is 8.47. The average molecular weight is 393 g/mol. The minimum Gasteiger partial charge on any atom is -0.376 e. The summed E-state index contributed by atoms with van der Waals surface area (Å²) in [6.45, 7) is 0. The second-order valence-corrected chi connectivity index (χ2v) is 6.90. The first-order valence-electron chi connectivity index (χ1n) is 7.48. The molecular weight excluding hydrogens is 380 g/mol. The minimum absolute atomic E-state index is 0.122. The summed E-state index contributed by atoms with van der Waals surface area (Å²) in [5.41, 5.74) is -4.78. The second-order valence-electron chi connectivity index (χ2n) is 5.84. The van der Waals surface area contributed by atoms with E-state index in [1.54, 1.807) is 0 Å². The molecule has 140 valence electrons. The lowest BCUT2D eigenvalue weighted by molar-refractivity contribution is -0.376. The van der Waals surface area contributed by atoms with E-state index >= 15 is 0 Å². The number of nitrogens with one attached hydrogen (secondary N) is 1. The fourth-order valence-electron chi connectivity index (χ4n) is 2.74. The summed E-state index contributed by atoms with van der Waals surface area (Å²) >= 11 is 1.13. The van der Waals surface area contributed by atoms with E-state index < -0.39 is 23.5 Å². The maximum absolute atomic E-state index is 13.0. The van der Waals surface area contributed by atoms with Crippen LogP contribution < -0.4 is 5.32 Å². The third-order valence-electron chi connectivity index (χ3n) is 4.16. The number of aliphatic hydroxyl groups is 1. The summed E-state index contributed by atoms with van der Waals surface area (Å²) in [5, 5.41) is 12.6. The van der Waals surface area contributed by atoms with Gasteiger partial charge in [-0.15, -0.1) is 11.8 Å². The monoisotopic (exact) mass is 393 g/mol. The van der Waals surface area contributed by atoms with E-state index in [4.69, 9.17) is 0 Å². The molecule has 0 amide bonds. The van der Waals surface area contributed by atoms with Crippen molar-refractivity contribution in [3.8, 4) is 0 Å². The molecule has 3 rings (SSSR count). The lowest BCUT2D eigenvalue weighted by atomic mass is 9.92. The van der Waals surface area contributed by atoms with Crippen molar-refractivity contribution in [1.29, 1.82) is 0 Å². The molecule has 2 nitrogen and oxygen atoms in total. The Morgan fingerprint density at radius 1 is 0.923 bits per heavy atom. The molecule has 1 aliphatic rings. The highest BCUT2D eigenvalue weighted by Crippen LogP contribution is 2.51. The summed E-state index contributed by atoms with van der Waals surface area (Å²) < 4.78 is 78.1. The molecule has 2 aromatic rings. The molecule has 0 bridgehead atoms. The SMILES string of the molecule is OC(c1ccc2c(c1)SCC(c1ccccc1)N2)(C(F)(F)F)C(F)(F)F. The predicted octanol–water partition coefficient (Wildman–Crippen LogP) is 5.26. The number of benzene rings is 2. The summed E-state index contributed by atoms with van der Waals surface area (Å²) in [6.07, 6.45) is -11.8. The Balaban J connectivity index is 1.96. The number of alkyl halides is 6. The van der Waals surface area contributed by atoms with Gasteiger partial charge in [-0.3, -0.25) is 0 Å². The van der Waals surface area contributed by atoms with Crippen LogP contribution in [0.3, 0.4) is 0 Å². The van der Waals surface area contributed by atoms with E-state index in [0.717, 1.165) is 29.5 Å². The maximum Gasteiger partial charge on any atom is 0.430 e. The first kappa shape index (κ1) is 18.9. The van der Waals surface area contributed by atoms with Crippen molar-refractivity contribution in [3.63, 3.8) is 0 Å². The van der Waals surface area contributed by atoms with E-state index in [0.29, 0.717) is 17.5 Å². The van der Waals surface area contributed by atoms with Crippen LogP contribution in [-0.4, -0.2) is 23.2 Å². The van der Waals surface area contributed by atoms with Gasteiger partial charge in [-0.05, 0) is 17.7 Å². The van der Waals surface area contributed by atoms with Gasteiger partial charge in [-0.2, -0.15) is 26.3 Å². The molecule has 1 atom stereocenters. The van der Waals surface area contributed by atoms with Gasteiger partial charge >= 0.3 is 12.4 Å². The van der Waals surface area contributed by atoms with E-state index in [9.17, 15) is 31.4 Å². The largest absolute Gasteiger partial charge is 0.430 e. The van der Waals surface area contributed by atoms with Crippen LogP contribution in [0.5, 0.6) is 0 Å². The minimum atomic E-state index is -5.89. The molecule has 0 aromatic heterocycles. The number of rotatable bonds is 2. The molecule has 0 aliphatic carbocycles. The Morgan fingerprint density at radius 2 is 1.54 bits per heavy atom. The molecule has 2 aromatic carbocycles. The van der Waals surface area contributed by atoms with E-state index in [1.807, 2.05) is 30.3 Å². The van der Waals surface area contributed by atoms with E-state index in [1.165, 1.54) is 0 Å². The predicted molar refractivity (Wildman–Crippen MR) is 86.0 cm³/mol. The zero-order valence-electron chi connectivity index (χ0n) is 13.0. The molecule has 26 heavy (non-hydrogen) atoms. The number of fused-ring (bicyclic) bond motifs is 1. The molecular formula is C17H13F6NOS. The van der Waals surface area contributed by atoms with Crippen molar-refractivity contribution >= 4 is 17.4 Å². The lowest BCUT2D eigenvalue weighted by Gasteiger charge is -2.34. The maximum atomic E-state index is 13.0. The van der Waals surface area contributed by atoms with Gasteiger partial charge in [0.1, 0.15) is 0 Å². The number of halogens is 6. The van der Waals surface area contributed by atoms with Crippen LogP contribution >= 0.6 is 11.8 Å². The zero-order chi connectivity index (χ0) is 19.2. The van der Waals surface area contributed by atoms with Gasteiger partial charge in [0.2, 0.25) is 0 Å². The fourth-order valence-corrected chi connectivity index (χ4v) is 3.86. The molecule has 0 saturated heterocycles.